The highest BCUT2D eigenvalue weighted by atomic mass is 16.3. The van der Waals surface area contributed by atoms with Crippen LogP contribution in [0.15, 0.2) is 29.3 Å². The van der Waals surface area contributed by atoms with Gasteiger partial charge in [0, 0.05) is 12.6 Å². The highest BCUT2D eigenvalue weighted by molar-refractivity contribution is 5.91. The fourth-order valence-electron chi connectivity index (χ4n) is 0.843. The Bertz CT molecular complexity index is 331. The summed E-state index contributed by atoms with van der Waals surface area (Å²) in [6.07, 6.45) is 1.85. The second-order valence-corrected chi connectivity index (χ2v) is 2.60. The van der Waals surface area contributed by atoms with Crippen molar-refractivity contribution in [2.75, 3.05) is 0 Å². The fraction of sp³-hybridized carbons (Fsp3) is 0.200. The molecule has 0 atom stereocenters. The van der Waals surface area contributed by atoms with Crippen molar-refractivity contribution in [2.24, 2.45) is 4.99 Å². The Morgan fingerprint density at radius 1 is 1.62 bits per heavy atom. The van der Waals surface area contributed by atoms with E-state index in [2.05, 4.69) is 4.99 Å². The van der Waals surface area contributed by atoms with Crippen molar-refractivity contribution in [1.82, 2.24) is 0 Å². The average Bonchev–Trinajstić information content (AvgIpc) is 2.14. The zero-order valence-corrected chi connectivity index (χ0v) is 7.40. The maximum absolute atomic E-state index is 10.8. The molecule has 1 N–H and O–H groups in total. The van der Waals surface area contributed by atoms with Crippen molar-refractivity contribution < 1.29 is 9.90 Å². The first-order chi connectivity index (χ1) is 6.22. The topological polar surface area (TPSA) is 49.7 Å². The number of phenolic OH excluding ortho intramolecular Hbond substituents is 1. The molecule has 0 saturated carbocycles. The summed E-state index contributed by atoms with van der Waals surface area (Å²) >= 11 is 0. The summed E-state index contributed by atoms with van der Waals surface area (Å²) in [6.45, 7) is 1.75. The number of hydrogen-bond donors (Lipinski definition) is 1. The number of aliphatic imine (C=N–C) groups is 1. The third-order valence-electron chi connectivity index (χ3n) is 1.53. The molecule has 68 valence electrons. The molecule has 1 aromatic rings. The molecule has 0 unspecified atom stereocenters. The highest BCUT2D eigenvalue weighted by Crippen LogP contribution is 2.08. The molecule has 0 aliphatic heterocycles. The maximum Gasteiger partial charge on any atom is 0.245 e. The lowest BCUT2D eigenvalue weighted by Gasteiger charge is -1.93. The van der Waals surface area contributed by atoms with E-state index in [0.717, 1.165) is 5.56 Å². The minimum Gasteiger partial charge on any atom is -0.508 e. The van der Waals surface area contributed by atoms with Crippen molar-refractivity contribution >= 4 is 12.1 Å². The first kappa shape index (κ1) is 9.45. The van der Waals surface area contributed by atoms with E-state index in [0.29, 0.717) is 6.42 Å². The highest BCUT2D eigenvalue weighted by Gasteiger charge is 1.92. The van der Waals surface area contributed by atoms with E-state index in [1.807, 2.05) is 0 Å². The van der Waals surface area contributed by atoms with Crippen molar-refractivity contribution in [1.29, 1.82) is 0 Å². The van der Waals surface area contributed by atoms with Crippen LogP contribution >= 0.6 is 0 Å². The standard InChI is InChI=1S/C10H11NO2/c1-2-10(13)11-7-8-4-3-5-9(12)6-8/h3-7,12H,2H2,1H3. The normalized spacial score (nSPS) is 10.5. The molecule has 1 aromatic carbocycles. The van der Waals surface area contributed by atoms with E-state index >= 15 is 0 Å². The molecule has 0 radical (unpaired) electrons. The van der Waals surface area contributed by atoms with Gasteiger partial charge in [0.05, 0.1) is 0 Å². The van der Waals surface area contributed by atoms with Gasteiger partial charge in [-0.3, -0.25) is 4.79 Å². The monoisotopic (exact) mass is 177 g/mol. The maximum atomic E-state index is 10.8. The third-order valence-corrected chi connectivity index (χ3v) is 1.53. The van der Waals surface area contributed by atoms with Gasteiger partial charge in [-0.15, -0.1) is 0 Å². The van der Waals surface area contributed by atoms with Gasteiger partial charge in [0.25, 0.3) is 0 Å². The molecule has 13 heavy (non-hydrogen) atoms. The summed E-state index contributed by atoms with van der Waals surface area (Å²) < 4.78 is 0. The lowest BCUT2D eigenvalue weighted by atomic mass is 10.2. The van der Waals surface area contributed by atoms with E-state index in [9.17, 15) is 4.79 Å². The number of nitrogens with zero attached hydrogens (tertiary/aromatic N) is 1. The molecular weight excluding hydrogens is 166 g/mol. The van der Waals surface area contributed by atoms with Crippen LogP contribution in [0.1, 0.15) is 18.9 Å². The zero-order chi connectivity index (χ0) is 9.68. The average molecular weight is 177 g/mol. The summed E-state index contributed by atoms with van der Waals surface area (Å²) in [7, 11) is 0. The molecule has 0 aliphatic carbocycles. The number of amides is 1. The molecular formula is C10H11NO2. The number of carbonyl (C=O) groups is 1. The first-order valence-corrected chi connectivity index (χ1v) is 4.08. The molecule has 0 aromatic heterocycles. The SMILES string of the molecule is CCC(=O)N=Cc1cccc(O)c1. The Balaban J connectivity index is 2.74. The van der Waals surface area contributed by atoms with Crippen LogP contribution in [-0.4, -0.2) is 17.2 Å². The van der Waals surface area contributed by atoms with Crippen molar-refractivity contribution in [3.8, 4) is 5.75 Å². The number of benzene rings is 1. The molecule has 3 heteroatoms. The van der Waals surface area contributed by atoms with Gasteiger partial charge in [0.1, 0.15) is 5.75 Å². The Labute approximate surface area is 76.7 Å². The van der Waals surface area contributed by atoms with Gasteiger partial charge in [-0.2, -0.15) is 0 Å². The molecule has 0 aliphatic rings. The van der Waals surface area contributed by atoms with Gasteiger partial charge < -0.3 is 5.11 Å². The number of carbonyl (C=O) groups excluding carboxylic acids is 1. The second kappa shape index (κ2) is 4.40. The van der Waals surface area contributed by atoms with Crippen LogP contribution in [0.4, 0.5) is 0 Å². The van der Waals surface area contributed by atoms with E-state index in [-0.39, 0.29) is 11.7 Å². The number of rotatable bonds is 2. The third kappa shape index (κ3) is 3.07. The van der Waals surface area contributed by atoms with Gasteiger partial charge in [0.2, 0.25) is 5.91 Å². The quantitative estimate of drug-likeness (QED) is 0.699. The van der Waals surface area contributed by atoms with E-state index in [1.165, 1.54) is 6.21 Å². The number of hydrogen-bond acceptors (Lipinski definition) is 2. The summed E-state index contributed by atoms with van der Waals surface area (Å²) in [5, 5.41) is 9.09. The minimum atomic E-state index is -0.164. The van der Waals surface area contributed by atoms with Gasteiger partial charge in [0.15, 0.2) is 0 Å². The molecule has 0 heterocycles. The van der Waals surface area contributed by atoms with E-state index in [4.69, 9.17) is 5.11 Å². The summed E-state index contributed by atoms with van der Waals surface area (Å²) in [4.78, 5) is 14.5. The lowest BCUT2D eigenvalue weighted by molar-refractivity contribution is -0.117. The predicted molar refractivity (Wildman–Crippen MR) is 51.0 cm³/mol. The Kier molecular flexibility index (Phi) is 3.20. The minimum absolute atomic E-state index is 0.164. The summed E-state index contributed by atoms with van der Waals surface area (Å²) in [5.41, 5.74) is 0.724. The largest absolute Gasteiger partial charge is 0.508 e. The molecule has 0 saturated heterocycles. The zero-order valence-electron chi connectivity index (χ0n) is 7.40. The van der Waals surface area contributed by atoms with Gasteiger partial charge in [-0.05, 0) is 17.7 Å². The molecule has 1 amide bonds. The molecule has 0 spiro atoms. The van der Waals surface area contributed by atoms with E-state index < -0.39 is 0 Å². The smallest absolute Gasteiger partial charge is 0.245 e. The van der Waals surface area contributed by atoms with Crippen LogP contribution in [0.5, 0.6) is 5.75 Å². The van der Waals surface area contributed by atoms with Crippen molar-refractivity contribution in [2.45, 2.75) is 13.3 Å². The Morgan fingerprint density at radius 3 is 3.00 bits per heavy atom. The van der Waals surface area contributed by atoms with Crippen LogP contribution in [0, 0.1) is 0 Å². The van der Waals surface area contributed by atoms with Crippen LogP contribution in [0.2, 0.25) is 0 Å². The molecule has 3 nitrogen and oxygen atoms in total. The Morgan fingerprint density at radius 2 is 2.38 bits per heavy atom. The van der Waals surface area contributed by atoms with Crippen LogP contribution in [0.3, 0.4) is 0 Å². The van der Waals surface area contributed by atoms with Crippen LogP contribution < -0.4 is 0 Å². The predicted octanol–water partition coefficient (Wildman–Crippen LogP) is 1.75. The fourth-order valence-corrected chi connectivity index (χ4v) is 0.843. The van der Waals surface area contributed by atoms with Gasteiger partial charge in [-0.1, -0.05) is 19.1 Å². The Hall–Kier alpha value is -1.64. The molecule has 0 fully saturated rings. The van der Waals surface area contributed by atoms with Crippen LogP contribution in [-0.2, 0) is 4.79 Å². The van der Waals surface area contributed by atoms with Crippen molar-refractivity contribution in [3.63, 3.8) is 0 Å². The number of aromatic hydroxyl groups is 1. The molecule has 0 bridgehead atoms. The van der Waals surface area contributed by atoms with Crippen molar-refractivity contribution in [3.05, 3.63) is 29.8 Å². The second-order valence-electron chi connectivity index (χ2n) is 2.60. The first-order valence-electron chi connectivity index (χ1n) is 4.08. The summed E-state index contributed by atoms with van der Waals surface area (Å²) in [6, 6.07) is 6.59. The number of phenols is 1. The van der Waals surface area contributed by atoms with Gasteiger partial charge >= 0.3 is 0 Å². The summed E-state index contributed by atoms with van der Waals surface area (Å²) in [5.74, 6) is 0.0104. The van der Waals surface area contributed by atoms with Gasteiger partial charge in [-0.25, -0.2) is 4.99 Å². The van der Waals surface area contributed by atoms with E-state index in [1.54, 1.807) is 31.2 Å². The molecule has 1 rings (SSSR count). The lowest BCUT2D eigenvalue weighted by Crippen LogP contribution is -1.90. The van der Waals surface area contributed by atoms with Crippen LogP contribution in [0.25, 0.3) is 0 Å².